The van der Waals surface area contributed by atoms with Gasteiger partial charge in [0.1, 0.15) is 0 Å². The van der Waals surface area contributed by atoms with Gasteiger partial charge in [0, 0.05) is 13.6 Å². The van der Waals surface area contributed by atoms with Crippen molar-refractivity contribution in [3.05, 3.63) is 35.9 Å². The first-order chi connectivity index (χ1) is 6.24. The van der Waals surface area contributed by atoms with Crippen molar-refractivity contribution in [3.8, 4) is 0 Å². The van der Waals surface area contributed by atoms with Crippen molar-refractivity contribution < 1.29 is 5.21 Å². The molecule has 1 aromatic carbocycles. The van der Waals surface area contributed by atoms with E-state index in [0.29, 0.717) is 6.54 Å². The minimum Gasteiger partial charge on any atom is -0.408 e. The van der Waals surface area contributed by atoms with Gasteiger partial charge < -0.3 is 15.8 Å². The molecular formula is C9H13N3O. The molecule has 0 aliphatic heterocycles. The second kappa shape index (κ2) is 4.35. The lowest BCUT2D eigenvalue weighted by molar-refractivity contribution is 0.304. The highest BCUT2D eigenvalue weighted by Gasteiger charge is 2.01. The highest BCUT2D eigenvalue weighted by atomic mass is 16.4. The van der Waals surface area contributed by atoms with Gasteiger partial charge in [-0.25, -0.2) is 0 Å². The lowest BCUT2D eigenvalue weighted by atomic mass is 10.2. The summed E-state index contributed by atoms with van der Waals surface area (Å²) >= 11 is 0. The second-order valence-electron chi connectivity index (χ2n) is 2.80. The summed E-state index contributed by atoms with van der Waals surface area (Å²) in [4.78, 5) is 1.66. The summed E-state index contributed by atoms with van der Waals surface area (Å²) in [5.74, 6) is 0.115. The molecule has 0 fully saturated rings. The van der Waals surface area contributed by atoms with E-state index in [9.17, 15) is 0 Å². The molecule has 4 nitrogen and oxygen atoms in total. The van der Waals surface area contributed by atoms with Crippen molar-refractivity contribution in [1.82, 2.24) is 4.90 Å². The largest absolute Gasteiger partial charge is 0.408 e. The SMILES string of the molecule is CN(Cc1ccccc1)/C(N)=N/O. The van der Waals surface area contributed by atoms with Crippen LogP contribution in [0.15, 0.2) is 35.5 Å². The Morgan fingerprint density at radius 2 is 2.08 bits per heavy atom. The number of guanidine groups is 1. The molecular weight excluding hydrogens is 166 g/mol. The normalized spacial score (nSPS) is 11.3. The quantitative estimate of drug-likeness (QED) is 0.306. The number of nitrogens with two attached hydrogens (primary N) is 1. The Morgan fingerprint density at radius 1 is 1.46 bits per heavy atom. The van der Waals surface area contributed by atoms with Crippen LogP contribution in [0.5, 0.6) is 0 Å². The van der Waals surface area contributed by atoms with E-state index in [-0.39, 0.29) is 5.96 Å². The van der Waals surface area contributed by atoms with Gasteiger partial charge in [-0.3, -0.25) is 0 Å². The molecule has 0 aliphatic carbocycles. The van der Waals surface area contributed by atoms with Crippen LogP contribution in [0.2, 0.25) is 0 Å². The zero-order chi connectivity index (χ0) is 9.68. The fraction of sp³-hybridized carbons (Fsp3) is 0.222. The molecule has 0 aliphatic rings. The standard InChI is InChI=1S/C9H13N3O/c1-12(9(10)11-13)7-8-5-3-2-4-6-8/h2-6,13H,7H2,1H3,(H2,10,11). The summed E-state index contributed by atoms with van der Waals surface area (Å²) in [5, 5.41) is 11.3. The molecule has 4 heteroatoms. The highest BCUT2D eigenvalue weighted by molar-refractivity contribution is 5.76. The average molecular weight is 179 g/mol. The molecule has 0 radical (unpaired) electrons. The van der Waals surface area contributed by atoms with Crippen LogP contribution in [0.4, 0.5) is 0 Å². The van der Waals surface area contributed by atoms with Crippen LogP contribution < -0.4 is 5.73 Å². The van der Waals surface area contributed by atoms with Crippen molar-refractivity contribution in [1.29, 1.82) is 0 Å². The molecule has 0 saturated heterocycles. The second-order valence-corrected chi connectivity index (χ2v) is 2.80. The van der Waals surface area contributed by atoms with E-state index in [4.69, 9.17) is 10.9 Å². The third-order valence-electron chi connectivity index (χ3n) is 1.76. The van der Waals surface area contributed by atoms with E-state index in [1.807, 2.05) is 30.3 Å². The lowest BCUT2D eigenvalue weighted by Crippen LogP contribution is -2.33. The van der Waals surface area contributed by atoms with E-state index < -0.39 is 0 Å². The maximum atomic E-state index is 8.40. The molecule has 0 amide bonds. The summed E-state index contributed by atoms with van der Waals surface area (Å²) in [7, 11) is 1.77. The van der Waals surface area contributed by atoms with Gasteiger partial charge in [-0.15, -0.1) is 0 Å². The Labute approximate surface area is 77.3 Å². The number of oxime groups is 1. The Hall–Kier alpha value is -1.71. The minimum atomic E-state index is 0.115. The van der Waals surface area contributed by atoms with E-state index in [1.54, 1.807) is 11.9 Å². The maximum Gasteiger partial charge on any atom is 0.233 e. The molecule has 13 heavy (non-hydrogen) atoms. The first-order valence-electron chi connectivity index (χ1n) is 3.96. The topological polar surface area (TPSA) is 61.8 Å². The summed E-state index contributed by atoms with van der Waals surface area (Å²) in [5.41, 5.74) is 6.51. The number of hydrogen-bond donors (Lipinski definition) is 2. The van der Waals surface area contributed by atoms with Crippen molar-refractivity contribution >= 4 is 5.96 Å². The lowest BCUT2D eigenvalue weighted by Gasteiger charge is -2.16. The van der Waals surface area contributed by atoms with E-state index in [0.717, 1.165) is 5.56 Å². The van der Waals surface area contributed by atoms with Crippen LogP contribution in [0.1, 0.15) is 5.56 Å². The summed E-state index contributed by atoms with van der Waals surface area (Å²) < 4.78 is 0. The minimum absolute atomic E-state index is 0.115. The Morgan fingerprint density at radius 3 is 2.62 bits per heavy atom. The predicted molar refractivity (Wildman–Crippen MR) is 51.3 cm³/mol. The van der Waals surface area contributed by atoms with Gasteiger partial charge in [-0.1, -0.05) is 35.5 Å². The first-order valence-corrected chi connectivity index (χ1v) is 3.96. The van der Waals surface area contributed by atoms with Crippen molar-refractivity contribution in [2.45, 2.75) is 6.54 Å². The molecule has 0 atom stereocenters. The Balaban J connectivity index is 2.60. The Kier molecular flexibility index (Phi) is 3.14. The van der Waals surface area contributed by atoms with Crippen LogP contribution in [0.3, 0.4) is 0 Å². The fourth-order valence-corrected chi connectivity index (χ4v) is 1.01. The monoisotopic (exact) mass is 179 g/mol. The molecule has 0 saturated carbocycles. The van der Waals surface area contributed by atoms with Gasteiger partial charge in [0.25, 0.3) is 0 Å². The molecule has 1 rings (SSSR count). The number of benzene rings is 1. The fourth-order valence-electron chi connectivity index (χ4n) is 1.01. The molecule has 3 N–H and O–H groups in total. The highest BCUT2D eigenvalue weighted by Crippen LogP contribution is 2.01. The van der Waals surface area contributed by atoms with Crippen LogP contribution in [0, 0.1) is 0 Å². The third kappa shape index (κ3) is 2.66. The molecule has 0 aromatic heterocycles. The van der Waals surface area contributed by atoms with E-state index in [2.05, 4.69) is 5.16 Å². The van der Waals surface area contributed by atoms with E-state index in [1.165, 1.54) is 0 Å². The summed E-state index contributed by atoms with van der Waals surface area (Å²) in [6.07, 6.45) is 0. The van der Waals surface area contributed by atoms with Crippen LogP contribution in [0.25, 0.3) is 0 Å². The summed E-state index contributed by atoms with van der Waals surface area (Å²) in [6.45, 7) is 0.636. The predicted octanol–water partition coefficient (Wildman–Crippen LogP) is 0.822. The number of hydrogen-bond acceptors (Lipinski definition) is 2. The summed E-state index contributed by atoms with van der Waals surface area (Å²) in [6, 6.07) is 9.83. The zero-order valence-electron chi connectivity index (χ0n) is 7.51. The molecule has 0 spiro atoms. The number of rotatable bonds is 2. The van der Waals surface area contributed by atoms with Crippen LogP contribution in [-0.4, -0.2) is 23.1 Å². The van der Waals surface area contributed by atoms with Crippen molar-refractivity contribution in [3.63, 3.8) is 0 Å². The van der Waals surface area contributed by atoms with Gasteiger partial charge in [0.15, 0.2) is 0 Å². The molecule has 1 aromatic rings. The van der Waals surface area contributed by atoms with Crippen molar-refractivity contribution in [2.75, 3.05) is 7.05 Å². The molecule has 70 valence electrons. The van der Waals surface area contributed by atoms with Crippen LogP contribution in [-0.2, 0) is 6.54 Å². The molecule has 0 bridgehead atoms. The third-order valence-corrected chi connectivity index (χ3v) is 1.76. The zero-order valence-corrected chi connectivity index (χ0v) is 7.51. The van der Waals surface area contributed by atoms with Gasteiger partial charge >= 0.3 is 0 Å². The van der Waals surface area contributed by atoms with Gasteiger partial charge in [0.05, 0.1) is 0 Å². The number of nitrogens with zero attached hydrogens (tertiary/aromatic N) is 2. The van der Waals surface area contributed by atoms with Gasteiger partial charge in [-0.2, -0.15) is 0 Å². The van der Waals surface area contributed by atoms with Gasteiger partial charge in [0.2, 0.25) is 5.96 Å². The van der Waals surface area contributed by atoms with Crippen LogP contribution >= 0.6 is 0 Å². The molecule has 0 heterocycles. The average Bonchev–Trinajstić information content (AvgIpc) is 2.18. The maximum absolute atomic E-state index is 8.40. The van der Waals surface area contributed by atoms with Crippen molar-refractivity contribution in [2.24, 2.45) is 10.9 Å². The van der Waals surface area contributed by atoms with Gasteiger partial charge in [-0.05, 0) is 5.56 Å². The molecule has 0 unspecified atom stereocenters. The smallest absolute Gasteiger partial charge is 0.233 e. The Bertz CT molecular complexity index is 284. The van der Waals surface area contributed by atoms with E-state index >= 15 is 0 Å². The first kappa shape index (κ1) is 9.38.